The van der Waals surface area contributed by atoms with E-state index < -0.39 is 17.5 Å². The number of amides is 1. The molecule has 2 N–H and O–H groups in total. The van der Waals surface area contributed by atoms with Crippen molar-refractivity contribution in [2.75, 3.05) is 19.8 Å². The van der Waals surface area contributed by atoms with Gasteiger partial charge in [0.15, 0.2) is 5.79 Å². The van der Waals surface area contributed by atoms with Gasteiger partial charge in [0.25, 0.3) is 0 Å². The molecule has 2 fully saturated rings. The molecule has 0 atom stereocenters. The number of carbonyl (C=O) groups excluding carboxylic acids is 1. The van der Waals surface area contributed by atoms with Gasteiger partial charge in [-0.2, -0.15) is 0 Å². The van der Waals surface area contributed by atoms with Gasteiger partial charge in [-0.15, -0.1) is 0 Å². The molecule has 6 heteroatoms. The van der Waals surface area contributed by atoms with Gasteiger partial charge in [0.2, 0.25) is 0 Å². The van der Waals surface area contributed by atoms with E-state index in [1.807, 2.05) is 30.3 Å². The van der Waals surface area contributed by atoms with Crippen LogP contribution in [-0.4, -0.2) is 42.3 Å². The summed E-state index contributed by atoms with van der Waals surface area (Å²) in [5.41, 5.74) is 0.00304. The number of benzene rings is 1. The van der Waals surface area contributed by atoms with E-state index in [9.17, 15) is 9.90 Å². The summed E-state index contributed by atoms with van der Waals surface area (Å²) in [7, 11) is 0. The fourth-order valence-electron chi connectivity index (χ4n) is 3.07. The Morgan fingerprint density at radius 1 is 1.13 bits per heavy atom. The molecule has 1 aromatic carbocycles. The third-order valence-electron chi connectivity index (χ3n) is 4.53. The van der Waals surface area contributed by atoms with Gasteiger partial charge < -0.3 is 24.6 Å². The fourth-order valence-corrected chi connectivity index (χ4v) is 3.07. The summed E-state index contributed by atoms with van der Waals surface area (Å²) in [5.74, 6) is -0.514. The summed E-state index contributed by atoms with van der Waals surface area (Å²) in [4.78, 5) is 11.8. The van der Waals surface area contributed by atoms with Crippen molar-refractivity contribution < 1.29 is 24.1 Å². The Labute approximate surface area is 135 Å². The van der Waals surface area contributed by atoms with Crippen LogP contribution in [0.25, 0.3) is 0 Å². The number of carbonyl (C=O) groups is 1. The average Bonchev–Trinajstić information content (AvgIpc) is 3.04. The van der Waals surface area contributed by atoms with Crippen molar-refractivity contribution in [3.63, 3.8) is 0 Å². The van der Waals surface area contributed by atoms with Crippen LogP contribution in [-0.2, 0) is 20.8 Å². The first-order chi connectivity index (χ1) is 11.1. The van der Waals surface area contributed by atoms with Crippen molar-refractivity contribution in [1.82, 2.24) is 5.32 Å². The molecule has 126 valence electrons. The molecular formula is C17H23NO5. The van der Waals surface area contributed by atoms with Crippen molar-refractivity contribution in [2.45, 2.75) is 43.7 Å². The molecule has 2 aliphatic rings. The van der Waals surface area contributed by atoms with Crippen LogP contribution < -0.4 is 5.32 Å². The molecule has 0 radical (unpaired) electrons. The fraction of sp³-hybridized carbons (Fsp3) is 0.588. The highest BCUT2D eigenvalue weighted by Crippen LogP contribution is 2.39. The van der Waals surface area contributed by atoms with Crippen LogP contribution in [0.15, 0.2) is 30.3 Å². The highest BCUT2D eigenvalue weighted by Gasteiger charge is 2.45. The van der Waals surface area contributed by atoms with Crippen LogP contribution >= 0.6 is 0 Å². The van der Waals surface area contributed by atoms with Gasteiger partial charge in [0.1, 0.15) is 6.61 Å². The molecule has 1 saturated carbocycles. The highest BCUT2D eigenvalue weighted by molar-refractivity contribution is 5.67. The van der Waals surface area contributed by atoms with E-state index in [-0.39, 0.29) is 13.2 Å². The van der Waals surface area contributed by atoms with Gasteiger partial charge in [-0.3, -0.25) is 0 Å². The number of alkyl carbamates (subject to hydrolysis) is 1. The van der Waals surface area contributed by atoms with E-state index in [0.29, 0.717) is 38.9 Å². The highest BCUT2D eigenvalue weighted by atomic mass is 16.7. The maximum Gasteiger partial charge on any atom is 0.407 e. The minimum absolute atomic E-state index is 0.177. The van der Waals surface area contributed by atoms with Crippen molar-refractivity contribution >= 4 is 6.09 Å². The van der Waals surface area contributed by atoms with Gasteiger partial charge in [-0.05, 0) is 18.4 Å². The van der Waals surface area contributed by atoms with Gasteiger partial charge in [0, 0.05) is 19.4 Å². The Balaban J connectivity index is 1.40. The van der Waals surface area contributed by atoms with Crippen LogP contribution in [0.3, 0.4) is 0 Å². The van der Waals surface area contributed by atoms with Crippen LogP contribution in [0, 0.1) is 0 Å². The van der Waals surface area contributed by atoms with E-state index in [2.05, 4.69) is 5.32 Å². The van der Waals surface area contributed by atoms with Crippen molar-refractivity contribution in [3.8, 4) is 0 Å². The lowest BCUT2D eigenvalue weighted by atomic mass is 9.81. The maximum atomic E-state index is 11.8. The average molecular weight is 321 g/mol. The van der Waals surface area contributed by atoms with E-state index in [1.54, 1.807) is 0 Å². The number of rotatable bonds is 4. The number of nitrogens with one attached hydrogen (secondary N) is 1. The van der Waals surface area contributed by atoms with Crippen LogP contribution in [0.1, 0.15) is 31.2 Å². The Morgan fingerprint density at radius 3 is 2.43 bits per heavy atom. The molecule has 1 heterocycles. The van der Waals surface area contributed by atoms with Crippen molar-refractivity contribution in [1.29, 1.82) is 0 Å². The molecule has 1 spiro atoms. The lowest BCUT2D eigenvalue weighted by molar-refractivity contribution is -0.201. The number of hydrogen-bond acceptors (Lipinski definition) is 5. The molecular weight excluding hydrogens is 298 g/mol. The third-order valence-corrected chi connectivity index (χ3v) is 4.53. The second-order valence-corrected chi connectivity index (χ2v) is 6.25. The van der Waals surface area contributed by atoms with E-state index >= 15 is 0 Å². The zero-order valence-corrected chi connectivity index (χ0v) is 13.1. The molecule has 0 bridgehead atoms. The van der Waals surface area contributed by atoms with Crippen molar-refractivity contribution in [2.24, 2.45) is 0 Å². The van der Waals surface area contributed by atoms with Crippen LogP contribution in [0.2, 0.25) is 0 Å². The molecule has 23 heavy (non-hydrogen) atoms. The second kappa shape index (κ2) is 6.86. The predicted octanol–water partition coefficient (Wildman–Crippen LogP) is 1.96. The molecule has 1 aliphatic carbocycles. The van der Waals surface area contributed by atoms with E-state index in [1.165, 1.54) is 0 Å². The zero-order valence-electron chi connectivity index (χ0n) is 13.1. The standard InChI is InChI=1S/C17H23NO5/c19-15(21-12-14-4-2-1-3-5-14)18-13-16(20)6-8-17(9-7-16)22-10-11-23-17/h1-5,20H,6-13H2,(H,18,19). The Bertz CT molecular complexity index is 517. The number of aliphatic hydroxyl groups is 1. The monoisotopic (exact) mass is 321 g/mol. The normalized spacial score (nSPS) is 22.0. The minimum Gasteiger partial charge on any atom is -0.445 e. The topological polar surface area (TPSA) is 77.0 Å². The maximum absolute atomic E-state index is 11.8. The van der Waals surface area contributed by atoms with Gasteiger partial charge in [-0.25, -0.2) is 4.79 Å². The summed E-state index contributed by atoms with van der Waals surface area (Å²) in [6, 6.07) is 9.48. The van der Waals surface area contributed by atoms with Gasteiger partial charge in [-0.1, -0.05) is 30.3 Å². The predicted molar refractivity (Wildman–Crippen MR) is 82.7 cm³/mol. The molecule has 1 aliphatic heterocycles. The summed E-state index contributed by atoms with van der Waals surface area (Å²) in [6.07, 6.45) is 1.84. The number of ether oxygens (including phenoxy) is 3. The molecule has 6 nitrogen and oxygen atoms in total. The SMILES string of the molecule is O=C(NCC1(O)CCC2(CC1)OCCO2)OCc1ccccc1. The van der Waals surface area contributed by atoms with Gasteiger partial charge in [0.05, 0.1) is 18.8 Å². The molecule has 0 unspecified atom stereocenters. The van der Waals surface area contributed by atoms with E-state index in [4.69, 9.17) is 14.2 Å². The smallest absolute Gasteiger partial charge is 0.407 e. The summed E-state index contributed by atoms with van der Waals surface area (Å²) in [5, 5.41) is 13.2. The second-order valence-electron chi connectivity index (χ2n) is 6.25. The molecule has 1 amide bonds. The summed E-state index contributed by atoms with van der Waals surface area (Å²) >= 11 is 0. The largest absolute Gasteiger partial charge is 0.445 e. The Hall–Kier alpha value is -1.63. The van der Waals surface area contributed by atoms with E-state index in [0.717, 1.165) is 5.56 Å². The molecule has 3 rings (SSSR count). The molecule has 1 saturated heterocycles. The first kappa shape index (κ1) is 16.2. The third kappa shape index (κ3) is 4.22. The first-order valence-corrected chi connectivity index (χ1v) is 8.04. The minimum atomic E-state index is -0.924. The van der Waals surface area contributed by atoms with Crippen molar-refractivity contribution in [3.05, 3.63) is 35.9 Å². The quantitative estimate of drug-likeness (QED) is 0.886. The lowest BCUT2D eigenvalue weighted by Gasteiger charge is -2.40. The van der Waals surface area contributed by atoms with Gasteiger partial charge >= 0.3 is 6.09 Å². The number of hydrogen-bond donors (Lipinski definition) is 2. The van der Waals surface area contributed by atoms with Crippen LogP contribution in [0.4, 0.5) is 4.79 Å². The Morgan fingerprint density at radius 2 is 1.78 bits per heavy atom. The zero-order chi connectivity index (χ0) is 16.2. The van der Waals surface area contributed by atoms with Crippen LogP contribution in [0.5, 0.6) is 0 Å². The molecule has 0 aromatic heterocycles. The Kier molecular flexibility index (Phi) is 4.84. The summed E-state index contributed by atoms with van der Waals surface area (Å²) in [6.45, 7) is 1.62. The summed E-state index contributed by atoms with van der Waals surface area (Å²) < 4.78 is 16.4. The first-order valence-electron chi connectivity index (χ1n) is 8.04. The molecule has 1 aromatic rings. The lowest BCUT2D eigenvalue weighted by Crippen LogP contribution is -2.49.